The molecule has 11 rings (SSSR count). The summed E-state index contributed by atoms with van der Waals surface area (Å²) in [6, 6.07) is 51.1. The molecule has 0 amide bonds. The fourth-order valence-electron chi connectivity index (χ4n) is 9.08. The lowest BCUT2D eigenvalue weighted by Gasteiger charge is -2.22. The average molecular weight is 665 g/mol. The van der Waals surface area contributed by atoms with Gasteiger partial charge in [-0.25, -0.2) is 0 Å². The van der Waals surface area contributed by atoms with Crippen LogP contribution in [-0.4, -0.2) is 9.13 Å². The topological polar surface area (TPSA) is 70.6 Å². The van der Waals surface area contributed by atoms with E-state index in [1.54, 1.807) is 0 Å². The summed E-state index contributed by atoms with van der Waals surface area (Å²) in [4.78, 5) is 0. The summed E-state index contributed by atoms with van der Waals surface area (Å²) in [5.41, 5.74) is 14.2. The van der Waals surface area contributed by atoms with E-state index in [1.165, 1.54) is 27.5 Å². The van der Waals surface area contributed by atoms with E-state index in [4.69, 9.17) is 4.42 Å². The Morgan fingerprint density at radius 3 is 1.79 bits per heavy atom. The van der Waals surface area contributed by atoms with E-state index < -0.39 is 0 Å². The maximum absolute atomic E-state index is 9.71. The summed E-state index contributed by atoms with van der Waals surface area (Å²) in [7, 11) is 0. The molecule has 0 saturated carbocycles. The third kappa shape index (κ3) is 3.64. The minimum atomic E-state index is -0.239. The molecule has 5 heteroatoms. The summed E-state index contributed by atoms with van der Waals surface area (Å²) >= 11 is 0. The van der Waals surface area contributed by atoms with Crippen molar-refractivity contribution in [1.29, 1.82) is 10.5 Å². The zero-order valence-electron chi connectivity index (χ0n) is 28.4. The van der Waals surface area contributed by atoms with Gasteiger partial charge in [0.2, 0.25) is 0 Å². The van der Waals surface area contributed by atoms with Gasteiger partial charge in [0.15, 0.2) is 0 Å². The molecule has 0 saturated heterocycles. The van der Waals surface area contributed by atoms with E-state index in [0.717, 1.165) is 71.7 Å². The molecule has 0 radical (unpaired) electrons. The van der Waals surface area contributed by atoms with Crippen molar-refractivity contribution in [1.82, 2.24) is 9.13 Å². The molecule has 0 N–H and O–H groups in total. The quantitative estimate of drug-likeness (QED) is 0.185. The Balaban J connectivity index is 1.15. The first-order valence-electron chi connectivity index (χ1n) is 17.5. The van der Waals surface area contributed by atoms with E-state index in [1.807, 2.05) is 36.4 Å². The minimum Gasteiger partial charge on any atom is -0.456 e. The molecule has 3 heterocycles. The largest absolute Gasteiger partial charge is 0.456 e. The van der Waals surface area contributed by atoms with Crippen LogP contribution in [0.2, 0.25) is 0 Å². The van der Waals surface area contributed by atoms with Crippen LogP contribution in [0.3, 0.4) is 0 Å². The van der Waals surface area contributed by atoms with Gasteiger partial charge in [0.1, 0.15) is 11.2 Å². The van der Waals surface area contributed by atoms with Crippen LogP contribution in [0.5, 0.6) is 0 Å². The molecule has 10 aromatic rings. The van der Waals surface area contributed by atoms with Crippen LogP contribution >= 0.6 is 0 Å². The predicted octanol–water partition coefficient (Wildman–Crippen LogP) is 11.8. The highest BCUT2D eigenvalue weighted by atomic mass is 16.3. The van der Waals surface area contributed by atoms with Crippen LogP contribution in [0.4, 0.5) is 0 Å². The lowest BCUT2D eigenvalue weighted by Crippen LogP contribution is -2.15. The van der Waals surface area contributed by atoms with E-state index >= 15 is 0 Å². The SMILES string of the molecule is CC1(C)c2ccc(C#N)cc2-c2ccc3c(c21)c1ccccc1n3-c1ccc2oc3ccc(-n4c5ccccc5c5cc(C#N)ccc54)cc3c2c1. The standard InChI is InChI=1S/C47H28N4O/c1-47(2)38-16-11-27(25-48)21-34(38)32-15-18-42-45(46(32)47)33-8-4-6-10-40(33)51(42)30-14-20-44-37(24-30)36-23-29(13-19-43(36)52-44)50-39-9-5-3-7-31(39)35-22-28(26-49)12-17-41(35)50/h3-24H,1-2H3. The molecule has 7 aromatic carbocycles. The predicted molar refractivity (Wildman–Crippen MR) is 209 cm³/mol. The van der Waals surface area contributed by atoms with Gasteiger partial charge in [-0.1, -0.05) is 62.4 Å². The maximum Gasteiger partial charge on any atom is 0.135 e. The van der Waals surface area contributed by atoms with E-state index in [-0.39, 0.29) is 5.41 Å². The molecule has 5 nitrogen and oxygen atoms in total. The number of nitriles is 2. The van der Waals surface area contributed by atoms with Gasteiger partial charge in [-0.05, 0) is 107 Å². The average Bonchev–Trinajstić information content (AvgIpc) is 3.88. The summed E-state index contributed by atoms with van der Waals surface area (Å²) in [5, 5.41) is 26.1. The van der Waals surface area contributed by atoms with Gasteiger partial charge in [-0.3, -0.25) is 0 Å². The van der Waals surface area contributed by atoms with E-state index in [2.05, 4.69) is 132 Å². The smallest absolute Gasteiger partial charge is 0.135 e. The Morgan fingerprint density at radius 2 is 1.08 bits per heavy atom. The third-order valence-corrected chi connectivity index (χ3v) is 11.3. The highest BCUT2D eigenvalue weighted by Crippen LogP contribution is 2.53. The molecule has 0 bridgehead atoms. The number of para-hydroxylation sites is 2. The Bertz CT molecular complexity index is 3300. The lowest BCUT2D eigenvalue weighted by atomic mass is 9.80. The van der Waals surface area contributed by atoms with Crippen molar-refractivity contribution < 1.29 is 4.42 Å². The summed E-state index contributed by atoms with van der Waals surface area (Å²) in [6.45, 7) is 4.60. The first-order valence-corrected chi connectivity index (χ1v) is 17.5. The van der Waals surface area contributed by atoms with Crippen molar-refractivity contribution >= 4 is 65.6 Å². The molecule has 0 unspecified atom stereocenters. The first-order chi connectivity index (χ1) is 25.4. The van der Waals surface area contributed by atoms with E-state index in [0.29, 0.717) is 11.1 Å². The number of furan rings is 1. The van der Waals surface area contributed by atoms with Gasteiger partial charge in [0, 0.05) is 49.1 Å². The molecule has 52 heavy (non-hydrogen) atoms. The monoisotopic (exact) mass is 664 g/mol. The number of fused-ring (bicyclic) bond motifs is 13. The highest BCUT2D eigenvalue weighted by molar-refractivity contribution is 6.15. The lowest BCUT2D eigenvalue weighted by molar-refractivity contribution is 0.666. The molecule has 0 aliphatic heterocycles. The summed E-state index contributed by atoms with van der Waals surface area (Å²) < 4.78 is 11.1. The Hall–Kier alpha value is -7.08. The fourth-order valence-corrected chi connectivity index (χ4v) is 9.08. The van der Waals surface area contributed by atoms with Crippen molar-refractivity contribution in [2.24, 2.45) is 0 Å². The van der Waals surface area contributed by atoms with Crippen molar-refractivity contribution in [2.45, 2.75) is 19.3 Å². The number of nitrogens with zero attached hydrogens (tertiary/aromatic N) is 4. The van der Waals surface area contributed by atoms with Crippen LogP contribution in [0.25, 0.3) is 88.1 Å². The Kier molecular flexibility index (Phi) is 5.53. The number of aromatic nitrogens is 2. The molecule has 0 atom stereocenters. The van der Waals surface area contributed by atoms with Crippen molar-refractivity contribution in [3.05, 3.63) is 156 Å². The maximum atomic E-state index is 9.71. The van der Waals surface area contributed by atoms with Gasteiger partial charge >= 0.3 is 0 Å². The first kappa shape index (κ1) is 28.7. The van der Waals surface area contributed by atoms with Gasteiger partial charge < -0.3 is 13.6 Å². The molecule has 242 valence electrons. The minimum absolute atomic E-state index is 0.239. The Labute approximate surface area is 298 Å². The van der Waals surface area contributed by atoms with Crippen LogP contribution in [0.15, 0.2) is 138 Å². The molecule has 0 fully saturated rings. The van der Waals surface area contributed by atoms with Crippen LogP contribution in [0.1, 0.15) is 36.1 Å². The highest BCUT2D eigenvalue weighted by Gasteiger charge is 2.38. The molecule has 1 aliphatic rings. The number of rotatable bonds is 2. The van der Waals surface area contributed by atoms with Crippen LogP contribution in [0, 0.1) is 22.7 Å². The van der Waals surface area contributed by atoms with Crippen molar-refractivity contribution in [3.63, 3.8) is 0 Å². The fraction of sp³-hybridized carbons (Fsp3) is 0.0638. The van der Waals surface area contributed by atoms with Gasteiger partial charge in [0.05, 0.1) is 45.3 Å². The van der Waals surface area contributed by atoms with Gasteiger partial charge in [0.25, 0.3) is 0 Å². The number of hydrogen-bond donors (Lipinski definition) is 0. The molecular formula is C47H28N4O. The molecule has 1 aliphatic carbocycles. The second kappa shape index (κ2) is 10.0. The third-order valence-electron chi connectivity index (χ3n) is 11.3. The number of hydrogen-bond acceptors (Lipinski definition) is 3. The summed E-state index contributed by atoms with van der Waals surface area (Å²) in [6.07, 6.45) is 0. The molecule has 0 spiro atoms. The molecular weight excluding hydrogens is 637 g/mol. The second-order valence-electron chi connectivity index (χ2n) is 14.4. The summed E-state index contributed by atoms with van der Waals surface area (Å²) in [5.74, 6) is 0. The van der Waals surface area contributed by atoms with Crippen LogP contribution in [-0.2, 0) is 5.41 Å². The van der Waals surface area contributed by atoms with Crippen molar-refractivity contribution in [3.8, 4) is 34.6 Å². The van der Waals surface area contributed by atoms with E-state index in [9.17, 15) is 10.5 Å². The van der Waals surface area contributed by atoms with Gasteiger partial charge in [-0.15, -0.1) is 0 Å². The molecule has 3 aromatic heterocycles. The Morgan fingerprint density at radius 1 is 0.500 bits per heavy atom. The number of benzene rings is 7. The van der Waals surface area contributed by atoms with Crippen LogP contribution < -0.4 is 0 Å². The normalized spacial score (nSPS) is 13.3. The van der Waals surface area contributed by atoms with Crippen molar-refractivity contribution in [2.75, 3.05) is 0 Å². The van der Waals surface area contributed by atoms with Gasteiger partial charge in [-0.2, -0.15) is 10.5 Å². The zero-order chi connectivity index (χ0) is 34.9. The zero-order valence-corrected chi connectivity index (χ0v) is 28.4. The second-order valence-corrected chi connectivity index (χ2v) is 14.4.